The maximum Gasteiger partial charge on any atom is 0.214 e. The maximum absolute atomic E-state index is 12.3. The zero-order valence-corrected chi connectivity index (χ0v) is 15.1. The summed E-state index contributed by atoms with van der Waals surface area (Å²) in [6, 6.07) is 3.92. The van der Waals surface area contributed by atoms with E-state index >= 15 is 0 Å². The Bertz CT molecular complexity index is 554. The molecule has 21 heavy (non-hydrogen) atoms. The number of alkyl halides is 1. The normalized spacial score (nSPS) is 19.8. The second-order valence-electron chi connectivity index (χ2n) is 5.42. The molecule has 8 heteroatoms. The highest BCUT2D eigenvalue weighted by Crippen LogP contribution is 2.23. The molecule has 1 aliphatic rings. The highest BCUT2D eigenvalue weighted by molar-refractivity contribution is 7.89. The minimum Gasteiger partial charge on any atom is -0.296 e. The third kappa shape index (κ3) is 5.08. The van der Waals surface area contributed by atoms with Crippen molar-refractivity contribution in [3.8, 4) is 0 Å². The smallest absolute Gasteiger partial charge is 0.214 e. The molecule has 1 aromatic heterocycles. The molecular formula is C13H20Cl2N2O2S2. The van der Waals surface area contributed by atoms with Crippen molar-refractivity contribution >= 4 is 44.6 Å². The Morgan fingerprint density at radius 1 is 1.29 bits per heavy atom. The van der Waals surface area contributed by atoms with Gasteiger partial charge in [0.25, 0.3) is 0 Å². The average molecular weight is 371 g/mol. The summed E-state index contributed by atoms with van der Waals surface area (Å²) >= 11 is 13.2. The lowest BCUT2D eigenvalue weighted by Crippen LogP contribution is -2.49. The highest BCUT2D eigenvalue weighted by Gasteiger charge is 2.28. The summed E-state index contributed by atoms with van der Waals surface area (Å²) < 4.78 is 26.9. The van der Waals surface area contributed by atoms with Crippen LogP contribution < -0.4 is 0 Å². The van der Waals surface area contributed by atoms with Crippen LogP contribution in [0.5, 0.6) is 0 Å². The minimum atomic E-state index is -3.18. The fourth-order valence-electron chi connectivity index (χ4n) is 2.33. The van der Waals surface area contributed by atoms with Gasteiger partial charge in [-0.25, -0.2) is 8.42 Å². The summed E-state index contributed by atoms with van der Waals surface area (Å²) in [6.07, 6.45) is 0. The molecule has 2 rings (SSSR count). The lowest BCUT2D eigenvalue weighted by atomic mass is 10.3. The van der Waals surface area contributed by atoms with Gasteiger partial charge in [0.2, 0.25) is 10.0 Å². The Kier molecular flexibility index (Phi) is 6.35. The number of halogens is 2. The van der Waals surface area contributed by atoms with Crippen molar-refractivity contribution < 1.29 is 8.42 Å². The third-order valence-corrected chi connectivity index (χ3v) is 7.38. The fraction of sp³-hybridized carbons (Fsp3) is 0.692. The van der Waals surface area contributed by atoms with Crippen LogP contribution >= 0.6 is 34.5 Å². The maximum atomic E-state index is 12.3. The molecule has 1 aromatic rings. The summed E-state index contributed by atoms with van der Waals surface area (Å²) in [5, 5.41) is 0. The lowest BCUT2D eigenvalue weighted by Gasteiger charge is -2.34. The zero-order chi connectivity index (χ0) is 15.5. The molecular weight excluding hydrogens is 351 g/mol. The van der Waals surface area contributed by atoms with Crippen molar-refractivity contribution in [1.29, 1.82) is 0 Å². The summed E-state index contributed by atoms with van der Waals surface area (Å²) in [4.78, 5) is 3.48. The largest absolute Gasteiger partial charge is 0.296 e. The van der Waals surface area contributed by atoms with Crippen molar-refractivity contribution in [2.24, 2.45) is 5.92 Å². The molecule has 0 bridgehead atoms. The van der Waals surface area contributed by atoms with Gasteiger partial charge in [-0.15, -0.1) is 22.9 Å². The van der Waals surface area contributed by atoms with Crippen molar-refractivity contribution in [3.63, 3.8) is 0 Å². The van der Waals surface area contributed by atoms with E-state index in [9.17, 15) is 8.42 Å². The van der Waals surface area contributed by atoms with Gasteiger partial charge in [0.1, 0.15) is 0 Å². The van der Waals surface area contributed by atoms with Crippen LogP contribution in [0.1, 0.15) is 11.8 Å². The first-order chi connectivity index (χ1) is 9.90. The molecule has 1 unspecified atom stereocenters. The zero-order valence-electron chi connectivity index (χ0n) is 12.0. The molecule has 0 N–H and O–H groups in total. The monoisotopic (exact) mass is 370 g/mol. The van der Waals surface area contributed by atoms with E-state index in [1.165, 1.54) is 4.88 Å². The Labute approximate surface area is 140 Å². The average Bonchev–Trinajstić information content (AvgIpc) is 2.84. The van der Waals surface area contributed by atoms with E-state index in [0.29, 0.717) is 19.0 Å². The van der Waals surface area contributed by atoms with Gasteiger partial charge < -0.3 is 0 Å². The SMILES string of the molecule is CC(CCl)CS(=O)(=O)N1CCN(Cc2ccc(Cl)s2)CC1. The predicted octanol–water partition coefficient (Wildman–Crippen LogP) is 2.72. The number of rotatable bonds is 6. The van der Waals surface area contributed by atoms with Gasteiger partial charge in [0.15, 0.2) is 0 Å². The second kappa shape index (κ2) is 7.62. The fourth-order valence-corrected chi connectivity index (χ4v) is 5.47. The first-order valence-electron chi connectivity index (χ1n) is 6.91. The van der Waals surface area contributed by atoms with Gasteiger partial charge >= 0.3 is 0 Å². The van der Waals surface area contributed by atoms with Crippen LogP contribution in [0.2, 0.25) is 4.34 Å². The number of nitrogens with zero attached hydrogens (tertiary/aromatic N) is 2. The molecule has 0 radical (unpaired) electrons. The van der Waals surface area contributed by atoms with Crippen LogP contribution in [0, 0.1) is 5.92 Å². The summed E-state index contributed by atoms with van der Waals surface area (Å²) in [7, 11) is -3.18. The summed E-state index contributed by atoms with van der Waals surface area (Å²) in [6.45, 7) is 5.31. The van der Waals surface area contributed by atoms with Crippen molar-refractivity contribution in [1.82, 2.24) is 9.21 Å². The highest BCUT2D eigenvalue weighted by atomic mass is 35.5. The molecule has 1 aliphatic heterocycles. The van der Waals surface area contributed by atoms with Crippen molar-refractivity contribution in [2.75, 3.05) is 37.8 Å². The number of thiophene rings is 1. The molecule has 1 fully saturated rings. The minimum absolute atomic E-state index is 0.0112. The third-order valence-electron chi connectivity index (χ3n) is 3.49. The van der Waals surface area contributed by atoms with Gasteiger partial charge in [0.05, 0.1) is 10.1 Å². The van der Waals surface area contributed by atoms with Crippen molar-refractivity contribution in [2.45, 2.75) is 13.5 Å². The van der Waals surface area contributed by atoms with E-state index < -0.39 is 10.0 Å². The van der Waals surface area contributed by atoms with E-state index in [4.69, 9.17) is 23.2 Å². The molecule has 0 amide bonds. The van der Waals surface area contributed by atoms with E-state index in [0.717, 1.165) is 24.0 Å². The molecule has 2 heterocycles. The van der Waals surface area contributed by atoms with Gasteiger partial charge in [-0.05, 0) is 18.1 Å². The van der Waals surface area contributed by atoms with E-state index in [-0.39, 0.29) is 11.7 Å². The van der Waals surface area contributed by atoms with E-state index in [1.54, 1.807) is 15.6 Å². The number of hydrogen-bond acceptors (Lipinski definition) is 4. The Morgan fingerprint density at radius 3 is 2.48 bits per heavy atom. The van der Waals surface area contributed by atoms with Crippen molar-refractivity contribution in [3.05, 3.63) is 21.3 Å². The molecule has 0 spiro atoms. The first-order valence-corrected chi connectivity index (χ1v) is 10.2. The van der Waals surface area contributed by atoms with Crippen LogP contribution in [0.4, 0.5) is 0 Å². The van der Waals surface area contributed by atoms with Gasteiger partial charge in [-0.1, -0.05) is 18.5 Å². The van der Waals surface area contributed by atoms with E-state index in [1.807, 2.05) is 19.1 Å². The standard InChI is InChI=1S/C13H20Cl2N2O2S2/c1-11(8-14)10-21(18,19)17-6-4-16(5-7-17)9-12-2-3-13(15)20-12/h2-3,11H,4-10H2,1H3. The first kappa shape index (κ1) is 17.5. The van der Waals surface area contributed by atoms with Gasteiger partial charge in [-0.2, -0.15) is 4.31 Å². The van der Waals surface area contributed by atoms with Crippen LogP contribution in [0.15, 0.2) is 12.1 Å². The number of sulfonamides is 1. The topological polar surface area (TPSA) is 40.6 Å². The Hall–Kier alpha value is 0.150. The molecule has 4 nitrogen and oxygen atoms in total. The number of hydrogen-bond donors (Lipinski definition) is 0. The Morgan fingerprint density at radius 2 is 1.95 bits per heavy atom. The molecule has 1 atom stereocenters. The van der Waals surface area contributed by atoms with Crippen LogP contribution in [0.25, 0.3) is 0 Å². The Balaban J connectivity index is 1.85. The van der Waals surface area contributed by atoms with Gasteiger partial charge in [-0.3, -0.25) is 4.90 Å². The van der Waals surface area contributed by atoms with E-state index in [2.05, 4.69) is 4.90 Å². The molecule has 0 saturated carbocycles. The summed E-state index contributed by atoms with van der Waals surface area (Å²) in [5.41, 5.74) is 0. The number of piperazine rings is 1. The lowest BCUT2D eigenvalue weighted by molar-refractivity contribution is 0.182. The van der Waals surface area contributed by atoms with Crippen LogP contribution in [-0.2, 0) is 16.6 Å². The molecule has 0 aromatic carbocycles. The molecule has 1 saturated heterocycles. The summed E-state index contributed by atoms with van der Waals surface area (Å²) in [5.74, 6) is 0.498. The predicted molar refractivity (Wildman–Crippen MR) is 89.8 cm³/mol. The second-order valence-corrected chi connectivity index (χ2v) is 9.54. The van der Waals surface area contributed by atoms with Gasteiger partial charge in [0, 0.05) is 43.5 Å². The molecule has 0 aliphatic carbocycles. The quantitative estimate of drug-likeness (QED) is 0.722. The molecule has 120 valence electrons. The van der Waals surface area contributed by atoms with Crippen LogP contribution in [0.3, 0.4) is 0 Å². The van der Waals surface area contributed by atoms with Crippen LogP contribution in [-0.4, -0.2) is 55.4 Å².